The zero-order valence-corrected chi connectivity index (χ0v) is 17.4. The van der Waals surface area contributed by atoms with Crippen molar-refractivity contribution in [1.29, 1.82) is 0 Å². The maximum absolute atomic E-state index is 12.6. The molecule has 0 saturated heterocycles. The summed E-state index contributed by atoms with van der Waals surface area (Å²) in [6, 6.07) is 15.5. The van der Waals surface area contributed by atoms with Crippen molar-refractivity contribution in [2.75, 3.05) is 7.11 Å². The third kappa shape index (κ3) is 3.70. The molecule has 1 amide bonds. The Kier molecular flexibility index (Phi) is 5.24. The van der Waals surface area contributed by atoms with Gasteiger partial charge in [-0.3, -0.25) is 4.79 Å². The molecule has 0 radical (unpaired) electrons. The fraction of sp³-hybridized carbons (Fsp3) is 0.261. The minimum Gasteiger partial charge on any atom is -0.497 e. The number of amides is 1. The van der Waals surface area contributed by atoms with E-state index in [1.807, 2.05) is 62.4 Å². The first kappa shape index (κ1) is 19.4. The Bertz CT molecular complexity index is 1110. The van der Waals surface area contributed by atoms with Gasteiger partial charge in [-0.05, 0) is 36.8 Å². The lowest BCUT2D eigenvalue weighted by Crippen LogP contribution is -2.26. The van der Waals surface area contributed by atoms with Crippen molar-refractivity contribution in [2.45, 2.75) is 32.7 Å². The molecule has 0 fully saturated rings. The number of pyridine rings is 1. The van der Waals surface area contributed by atoms with Crippen LogP contribution in [0, 0.1) is 6.92 Å². The molecule has 3 aromatic rings. The Labute approximate surface area is 175 Å². The Hall–Kier alpha value is -2.92. The van der Waals surface area contributed by atoms with E-state index in [9.17, 15) is 4.79 Å². The standard InChI is InChI=1S/C23H22ClN3O2/c1-4-22(28)27-21(13-20(26-27)15-7-5-14(2)6-8-15)18-12-16-11-17(29-3)9-10-19(16)25-23(18)24/h5-12,21H,4,13H2,1-3H3/t21-/m1/s1. The van der Waals surface area contributed by atoms with Gasteiger partial charge >= 0.3 is 0 Å². The van der Waals surface area contributed by atoms with Gasteiger partial charge in [0.1, 0.15) is 10.9 Å². The molecule has 148 valence electrons. The first-order chi connectivity index (χ1) is 14.0. The molecule has 4 rings (SSSR count). The molecule has 1 aromatic heterocycles. The lowest BCUT2D eigenvalue weighted by Gasteiger charge is -2.22. The first-order valence-corrected chi connectivity index (χ1v) is 9.98. The number of aromatic nitrogens is 1. The normalized spacial score (nSPS) is 16.2. The molecule has 0 aliphatic carbocycles. The van der Waals surface area contributed by atoms with Gasteiger partial charge in [-0.15, -0.1) is 0 Å². The van der Waals surface area contributed by atoms with Gasteiger partial charge in [0.25, 0.3) is 0 Å². The van der Waals surface area contributed by atoms with Gasteiger partial charge in [-0.1, -0.05) is 48.4 Å². The number of carbonyl (C=O) groups excluding carboxylic acids is 1. The number of halogens is 1. The predicted octanol–water partition coefficient (Wildman–Crippen LogP) is 5.29. The fourth-order valence-corrected chi connectivity index (χ4v) is 3.84. The monoisotopic (exact) mass is 407 g/mol. The Morgan fingerprint density at radius 2 is 1.97 bits per heavy atom. The van der Waals surface area contributed by atoms with Crippen LogP contribution in [0.1, 0.15) is 42.5 Å². The van der Waals surface area contributed by atoms with Crippen LogP contribution in [0.3, 0.4) is 0 Å². The van der Waals surface area contributed by atoms with Crippen LogP contribution in [-0.4, -0.2) is 28.7 Å². The van der Waals surface area contributed by atoms with Crippen LogP contribution in [0.4, 0.5) is 0 Å². The van der Waals surface area contributed by atoms with Crippen molar-refractivity contribution >= 4 is 34.1 Å². The maximum atomic E-state index is 12.6. The molecule has 0 unspecified atom stereocenters. The molecule has 29 heavy (non-hydrogen) atoms. The quantitative estimate of drug-likeness (QED) is 0.552. The number of benzene rings is 2. The molecule has 2 aromatic carbocycles. The van der Waals surface area contributed by atoms with E-state index >= 15 is 0 Å². The summed E-state index contributed by atoms with van der Waals surface area (Å²) in [6.07, 6.45) is 0.958. The van der Waals surface area contributed by atoms with E-state index < -0.39 is 0 Å². The summed E-state index contributed by atoms with van der Waals surface area (Å²) in [5.41, 5.74) is 4.64. The van der Waals surface area contributed by atoms with Crippen LogP contribution >= 0.6 is 11.6 Å². The number of carbonyl (C=O) groups is 1. The molecular formula is C23H22ClN3O2. The fourth-order valence-electron chi connectivity index (χ4n) is 3.57. The zero-order valence-electron chi connectivity index (χ0n) is 16.6. The minimum atomic E-state index is -0.283. The van der Waals surface area contributed by atoms with E-state index in [4.69, 9.17) is 16.3 Å². The highest BCUT2D eigenvalue weighted by Crippen LogP contribution is 2.38. The number of rotatable bonds is 4. The van der Waals surface area contributed by atoms with E-state index in [1.165, 1.54) is 5.56 Å². The lowest BCUT2D eigenvalue weighted by atomic mass is 9.98. The molecule has 0 bridgehead atoms. The lowest BCUT2D eigenvalue weighted by molar-refractivity contribution is -0.132. The molecule has 6 heteroatoms. The van der Waals surface area contributed by atoms with Crippen LogP contribution in [0.15, 0.2) is 53.6 Å². The van der Waals surface area contributed by atoms with E-state index in [0.29, 0.717) is 18.0 Å². The molecule has 1 aliphatic heterocycles. The number of fused-ring (bicyclic) bond motifs is 1. The van der Waals surface area contributed by atoms with E-state index in [1.54, 1.807) is 12.1 Å². The Morgan fingerprint density at radius 3 is 2.66 bits per heavy atom. The molecular weight excluding hydrogens is 386 g/mol. The highest BCUT2D eigenvalue weighted by atomic mass is 35.5. The number of hydrazone groups is 1. The molecule has 5 nitrogen and oxygen atoms in total. The second-order valence-corrected chi connectivity index (χ2v) is 7.51. The Balaban J connectivity index is 1.77. The van der Waals surface area contributed by atoms with Gasteiger partial charge in [0.15, 0.2) is 0 Å². The van der Waals surface area contributed by atoms with Gasteiger partial charge in [0.2, 0.25) is 5.91 Å². The van der Waals surface area contributed by atoms with Gasteiger partial charge in [0.05, 0.1) is 24.4 Å². The van der Waals surface area contributed by atoms with Crippen LogP contribution in [0.25, 0.3) is 10.9 Å². The van der Waals surface area contributed by atoms with E-state index in [-0.39, 0.29) is 11.9 Å². The van der Waals surface area contributed by atoms with Gasteiger partial charge in [-0.25, -0.2) is 9.99 Å². The zero-order chi connectivity index (χ0) is 20.5. The van der Waals surface area contributed by atoms with Crippen molar-refractivity contribution < 1.29 is 9.53 Å². The Morgan fingerprint density at radius 1 is 1.21 bits per heavy atom. The number of nitrogens with zero attached hydrogens (tertiary/aromatic N) is 3. The van der Waals surface area contributed by atoms with Crippen LogP contribution < -0.4 is 4.74 Å². The topological polar surface area (TPSA) is 54.8 Å². The summed E-state index contributed by atoms with van der Waals surface area (Å²) >= 11 is 6.55. The van der Waals surface area contributed by atoms with E-state index in [2.05, 4.69) is 10.1 Å². The average molecular weight is 408 g/mol. The number of methoxy groups -OCH3 is 1. The summed E-state index contributed by atoms with van der Waals surface area (Å²) in [5.74, 6) is 0.705. The molecule has 1 aliphatic rings. The second-order valence-electron chi connectivity index (χ2n) is 7.15. The molecule has 1 atom stereocenters. The summed E-state index contributed by atoms with van der Waals surface area (Å²) in [6.45, 7) is 3.88. The largest absolute Gasteiger partial charge is 0.497 e. The molecule has 0 saturated carbocycles. The maximum Gasteiger partial charge on any atom is 0.242 e. The number of hydrogen-bond acceptors (Lipinski definition) is 4. The van der Waals surface area contributed by atoms with Crippen molar-refractivity contribution in [3.63, 3.8) is 0 Å². The third-order valence-corrected chi connectivity index (χ3v) is 5.52. The molecule has 0 N–H and O–H groups in total. The number of aryl methyl sites for hydroxylation is 1. The number of ether oxygens (including phenoxy) is 1. The molecule has 2 heterocycles. The summed E-state index contributed by atoms with van der Waals surface area (Å²) < 4.78 is 5.33. The van der Waals surface area contributed by atoms with Crippen molar-refractivity contribution in [3.05, 3.63) is 70.4 Å². The van der Waals surface area contributed by atoms with Gasteiger partial charge < -0.3 is 4.74 Å². The van der Waals surface area contributed by atoms with Gasteiger partial charge in [-0.2, -0.15) is 5.10 Å². The van der Waals surface area contributed by atoms with Crippen molar-refractivity contribution in [3.8, 4) is 5.75 Å². The van der Waals surface area contributed by atoms with Crippen LogP contribution in [-0.2, 0) is 4.79 Å². The van der Waals surface area contributed by atoms with Gasteiger partial charge in [0, 0.05) is 23.8 Å². The number of hydrogen-bond donors (Lipinski definition) is 0. The molecule has 0 spiro atoms. The van der Waals surface area contributed by atoms with Crippen molar-refractivity contribution in [2.24, 2.45) is 5.10 Å². The van der Waals surface area contributed by atoms with Crippen LogP contribution in [0.2, 0.25) is 5.15 Å². The smallest absolute Gasteiger partial charge is 0.242 e. The summed E-state index contributed by atoms with van der Waals surface area (Å²) in [7, 11) is 1.63. The highest BCUT2D eigenvalue weighted by molar-refractivity contribution is 6.30. The third-order valence-electron chi connectivity index (χ3n) is 5.21. The SMILES string of the molecule is CCC(=O)N1N=C(c2ccc(C)cc2)C[C@@H]1c1cc2cc(OC)ccc2nc1Cl. The van der Waals surface area contributed by atoms with Crippen LogP contribution in [0.5, 0.6) is 5.75 Å². The average Bonchev–Trinajstić information content (AvgIpc) is 3.18. The highest BCUT2D eigenvalue weighted by Gasteiger charge is 2.34. The van der Waals surface area contributed by atoms with Crippen molar-refractivity contribution in [1.82, 2.24) is 9.99 Å². The summed E-state index contributed by atoms with van der Waals surface area (Å²) in [4.78, 5) is 17.2. The second kappa shape index (κ2) is 7.84. The predicted molar refractivity (Wildman–Crippen MR) is 116 cm³/mol. The minimum absolute atomic E-state index is 0.0427. The summed E-state index contributed by atoms with van der Waals surface area (Å²) in [5, 5.41) is 7.52. The van der Waals surface area contributed by atoms with E-state index in [0.717, 1.165) is 33.5 Å². The first-order valence-electron chi connectivity index (χ1n) is 9.61.